The maximum absolute atomic E-state index is 5.46. The molecule has 0 aliphatic carbocycles. The second kappa shape index (κ2) is 12.1. The fourth-order valence-corrected chi connectivity index (χ4v) is 3.12. The normalized spacial score (nSPS) is 12.8. The summed E-state index contributed by atoms with van der Waals surface area (Å²) in [5.74, 6) is 2.79. The average Bonchev–Trinajstić information content (AvgIpc) is 2.80. The van der Waals surface area contributed by atoms with Crippen molar-refractivity contribution >= 4 is 54.0 Å². The lowest BCUT2D eigenvalue weighted by molar-refractivity contribution is 0.122. The van der Waals surface area contributed by atoms with Crippen LogP contribution in [0.3, 0.4) is 0 Å². The van der Waals surface area contributed by atoms with E-state index in [0.29, 0.717) is 55.6 Å². The van der Waals surface area contributed by atoms with Gasteiger partial charge >= 0.3 is 0 Å². The first kappa shape index (κ1) is 25.3. The molecular formula is C21H26Cl2N6O3. The highest BCUT2D eigenvalue weighted by molar-refractivity contribution is 5.85. The third kappa shape index (κ3) is 6.03. The van der Waals surface area contributed by atoms with E-state index >= 15 is 0 Å². The number of morpholine rings is 1. The molecule has 1 fully saturated rings. The molecule has 172 valence electrons. The van der Waals surface area contributed by atoms with Crippen LogP contribution in [0.15, 0.2) is 48.5 Å². The van der Waals surface area contributed by atoms with Crippen LogP contribution in [0, 0.1) is 0 Å². The first-order valence-corrected chi connectivity index (χ1v) is 9.65. The summed E-state index contributed by atoms with van der Waals surface area (Å²) in [5, 5.41) is 6.48. The van der Waals surface area contributed by atoms with E-state index in [-0.39, 0.29) is 24.8 Å². The summed E-state index contributed by atoms with van der Waals surface area (Å²) in [4.78, 5) is 15.9. The van der Waals surface area contributed by atoms with Crippen molar-refractivity contribution in [2.75, 3.05) is 56.1 Å². The van der Waals surface area contributed by atoms with Crippen LogP contribution in [-0.4, -0.2) is 55.5 Å². The van der Waals surface area contributed by atoms with Gasteiger partial charge in [-0.2, -0.15) is 15.0 Å². The van der Waals surface area contributed by atoms with Gasteiger partial charge < -0.3 is 29.7 Å². The lowest BCUT2D eigenvalue weighted by Crippen LogP contribution is -2.37. The Morgan fingerprint density at radius 2 is 1.22 bits per heavy atom. The first-order chi connectivity index (χ1) is 14.8. The van der Waals surface area contributed by atoms with Gasteiger partial charge in [0.15, 0.2) is 0 Å². The summed E-state index contributed by atoms with van der Waals surface area (Å²) in [6, 6.07) is 15.2. The highest BCUT2D eigenvalue weighted by Crippen LogP contribution is 2.29. The molecule has 2 aromatic carbocycles. The second-order valence-electron chi connectivity index (χ2n) is 6.53. The van der Waals surface area contributed by atoms with Gasteiger partial charge in [0.05, 0.1) is 38.8 Å². The van der Waals surface area contributed by atoms with Crippen LogP contribution in [0.5, 0.6) is 11.5 Å². The predicted octanol–water partition coefficient (Wildman–Crippen LogP) is 4.06. The number of para-hydroxylation sites is 4. The molecule has 0 saturated carbocycles. The van der Waals surface area contributed by atoms with Crippen LogP contribution in [0.4, 0.5) is 29.2 Å². The quantitative estimate of drug-likeness (QED) is 0.518. The smallest absolute Gasteiger partial charge is 0.233 e. The van der Waals surface area contributed by atoms with Crippen molar-refractivity contribution in [3.05, 3.63) is 48.5 Å². The van der Waals surface area contributed by atoms with E-state index in [0.717, 1.165) is 11.4 Å². The van der Waals surface area contributed by atoms with Gasteiger partial charge in [-0.25, -0.2) is 0 Å². The number of benzene rings is 2. The fraction of sp³-hybridized carbons (Fsp3) is 0.286. The molecule has 1 saturated heterocycles. The van der Waals surface area contributed by atoms with Crippen LogP contribution in [0.25, 0.3) is 0 Å². The maximum Gasteiger partial charge on any atom is 0.233 e. The van der Waals surface area contributed by atoms with E-state index in [1.165, 1.54) is 0 Å². The van der Waals surface area contributed by atoms with E-state index in [1.54, 1.807) is 14.2 Å². The van der Waals surface area contributed by atoms with Gasteiger partial charge in [0.1, 0.15) is 11.5 Å². The van der Waals surface area contributed by atoms with Gasteiger partial charge in [0, 0.05) is 13.1 Å². The van der Waals surface area contributed by atoms with Crippen molar-refractivity contribution in [3.8, 4) is 11.5 Å². The van der Waals surface area contributed by atoms with Crippen LogP contribution >= 0.6 is 24.8 Å². The standard InChI is InChI=1S/C21H24N6O3.2ClH/c1-28-17-9-5-3-7-15(17)22-19-24-20(23-16-8-4-6-10-18(16)29-2)26-21(25-19)27-11-13-30-14-12-27;;/h3-10H,11-14H2,1-2H3,(H2,22,23,24,25,26);2*1H. The van der Waals surface area contributed by atoms with Gasteiger partial charge in [0.25, 0.3) is 0 Å². The monoisotopic (exact) mass is 480 g/mol. The molecule has 0 amide bonds. The molecule has 9 nitrogen and oxygen atoms in total. The molecule has 3 aromatic rings. The predicted molar refractivity (Wildman–Crippen MR) is 130 cm³/mol. The molecular weight excluding hydrogens is 455 g/mol. The minimum absolute atomic E-state index is 0. The van der Waals surface area contributed by atoms with Gasteiger partial charge in [0.2, 0.25) is 17.8 Å². The van der Waals surface area contributed by atoms with E-state index in [2.05, 4.69) is 30.5 Å². The number of nitrogens with one attached hydrogen (secondary N) is 2. The van der Waals surface area contributed by atoms with Crippen LogP contribution in [0.2, 0.25) is 0 Å². The Bertz CT molecular complexity index is 937. The highest BCUT2D eigenvalue weighted by atomic mass is 35.5. The Morgan fingerprint density at radius 3 is 1.69 bits per heavy atom. The van der Waals surface area contributed by atoms with Crippen molar-refractivity contribution in [3.63, 3.8) is 0 Å². The van der Waals surface area contributed by atoms with Crippen molar-refractivity contribution < 1.29 is 14.2 Å². The minimum Gasteiger partial charge on any atom is -0.495 e. The number of methoxy groups -OCH3 is 2. The van der Waals surface area contributed by atoms with E-state index in [9.17, 15) is 0 Å². The molecule has 0 bridgehead atoms. The Kier molecular flexibility index (Phi) is 9.58. The number of ether oxygens (including phenoxy) is 3. The second-order valence-corrected chi connectivity index (χ2v) is 6.53. The summed E-state index contributed by atoms with van der Waals surface area (Å²) in [5.41, 5.74) is 1.53. The molecule has 1 aliphatic heterocycles. The molecule has 0 atom stereocenters. The number of halogens is 2. The zero-order chi connectivity index (χ0) is 20.8. The Labute approximate surface area is 199 Å². The van der Waals surface area contributed by atoms with E-state index in [1.807, 2.05) is 48.5 Å². The molecule has 0 spiro atoms. The van der Waals surface area contributed by atoms with Crippen LogP contribution in [0.1, 0.15) is 0 Å². The molecule has 32 heavy (non-hydrogen) atoms. The summed E-state index contributed by atoms with van der Waals surface area (Å²) >= 11 is 0. The van der Waals surface area contributed by atoms with Gasteiger partial charge in [-0.05, 0) is 24.3 Å². The van der Waals surface area contributed by atoms with Crippen molar-refractivity contribution in [1.82, 2.24) is 15.0 Å². The molecule has 2 heterocycles. The number of nitrogens with zero attached hydrogens (tertiary/aromatic N) is 4. The number of rotatable bonds is 7. The number of hydrogen-bond donors (Lipinski definition) is 2. The lowest BCUT2D eigenvalue weighted by Gasteiger charge is -2.27. The topological polar surface area (TPSA) is 93.7 Å². The van der Waals surface area contributed by atoms with Crippen molar-refractivity contribution in [2.24, 2.45) is 0 Å². The first-order valence-electron chi connectivity index (χ1n) is 9.65. The molecule has 11 heteroatoms. The molecule has 1 aromatic heterocycles. The minimum atomic E-state index is 0. The Balaban J connectivity index is 0.00000181. The maximum atomic E-state index is 5.46. The van der Waals surface area contributed by atoms with Crippen molar-refractivity contribution in [2.45, 2.75) is 0 Å². The molecule has 4 rings (SSSR count). The fourth-order valence-electron chi connectivity index (χ4n) is 3.12. The summed E-state index contributed by atoms with van der Waals surface area (Å²) < 4.78 is 16.3. The molecule has 0 radical (unpaired) electrons. The van der Waals surface area contributed by atoms with Gasteiger partial charge in [-0.1, -0.05) is 24.3 Å². The summed E-state index contributed by atoms with van der Waals surface area (Å²) in [6.07, 6.45) is 0. The number of aromatic nitrogens is 3. The highest BCUT2D eigenvalue weighted by Gasteiger charge is 2.18. The summed E-state index contributed by atoms with van der Waals surface area (Å²) in [6.45, 7) is 2.70. The van der Waals surface area contributed by atoms with Crippen molar-refractivity contribution in [1.29, 1.82) is 0 Å². The lowest BCUT2D eigenvalue weighted by atomic mass is 10.3. The number of hydrogen-bond acceptors (Lipinski definition) is 9. The third-order valence-corrected chi connectivity index (χ3v) is 4.62. The Morgan fingerprint density at radius 1 is 0.750 bits per heavy atom. The Hall–Kier alpha value is -3.01. The van der Waals surface area contributed by atoms with E-state index in [4.69, 9.17) is 14.2 Å². The number of anilines is 5. The summed E-state index contributed by atoms with van der Waals surface area (Å²) in [7, 11) is 3.25. The van der Waals surface area contributed by atoms with Crippen LogP contribution in [-0.2, 0) is 4.74 Å². The van der Waals surface area contributed by atoms with E-state index < -0.39 is 0 Å². The van der Waals surface area contributed by atoms with Crippen LogP contribution < -0.4 is 25.0 Å². The molecule has 2 N–H and O–H groups in total. The zero-order valence-corrected chi connectivity index (χ0v) is 19.4. The van der Waals surface area contributed by atoms with Gasteiger partial charge in [-0.15, -0.1) is 24.8 Å². The van der Waals surface area contributed by atoms with Gasteiger partial charge in [-0.3, -0.25) is 0 Å². The molecule has 0 unspecified atom stereocenters. The molecule has 1 aliphatic rings. The zero-order valence-electron chi connectivity index (χ0n) is 17.8. The SMILES string of the molecule is COc1ccccc1Nc1nc(Nc2ccccc2OC)nc(N2CCOCC2)n1.Cl.Cl. The third-order valence-electron chi connectivity index (χ3n) is 4.62. The average molecular weight is 481 g/mol. The largest absolute Gasteiger partial charge is 0.495 e.